The second-order valence-corrected chi connectivity index (χ2v) is 5.72. The Labute approximate surface area is 105 Å². The summed E-state index contributed by atoms with van der Waals surface area (Å²) < 4.78 is 0. The van der Waals surface area contributed by atoms with E-state index in [1.165, 1.54) is 23.4 Å². The molecule has 1 N–H and O–H groups in total. The van der Waals surface area contributed by atoms with E-state index in [2.05, 4.69) is 34.5 Å². The molecule has 2 aliphatic rings. The van der Waals surface area contributed by atoms with Crippen LogP contribution in [0.5, 0.6) is 0 Å². The van der Waals surface area contributed by atoms with Gasteiger partial charge in [0, 0.05) is 23.2 Å². The highest BCUT2D eigenvalue weighted by atomic mass is 32.2. The summed E-state index contributed by atoms with van der Waals surface area (Å²) in [7, 11) is 0. The number of nitrogens with one attached hydrogen (secondary N) is 1. The molecule has 1 aromatic rings. The maximum atomic E-state index is 5.47. The molecular weight excluding hydrogens is 236 g/mol. The van der Waals surface area contributed by atoms with Gasteiger partial charge in [0.2, 0.25) is 0 Å². The molecule has 4 heteroatoms. The van der Waals surface area contributed by atoms with E-state index < -0.39 is 0 Å². The lowest BCUT2D eigenvalue weighted by Crippen LogP contribution is -2.43. The Morgan fingerprint density at radius 3 is 3.00 bits per heavy atom. The predicted molar refractivity (Wildman–Crippen MR) is 73.3 cm³/mol. The van der Waals surface area contributed by atoms with E-state index in [1.54, 1.807) is 0 Å². The van der Waals surface area contributed by atoms with Crippen LogP contribution < -0.4 is 10.2 Å². The first kappa shape index (κ1) is 10.4. The lowest BCUT2D eigenvalue weighted by Gasteiger charge is -2.31. The molecule has 0 aromatic heterocycles. The van der Waals surface area contributed by atoms with Crippen molar-refractivity contribution in [2.75, 3.05) is 17.2 Å². The summed E-state index contributed by atoms with van der Waals surface area (Å²) >= 11 is 7.39. The Balaban J connectivity index is 1.82. The van der Waals surface area contributed by atoms with Crippen molar-refractivity contribution in [3.05, 3.63) is 24.3 Å². The Morgan fingerprint density at radius 1 is 1.38 bits per heavy atom. The molecule has 16 heavy (non-hydrogen) atoms. The Kier molecular flexibility index (Phi) is 2.77. The minimum atomic E-state index is 0.634. The number of fused-ring (bicyclic) bond motifs is 1. The maximum Gasteiger partial charge on any atom is 0.173 e. The average molecular weight is 250 g/mol. The summed E-state index contributed by atoms with van der Waals surface area (Å²) in [6.07, 6.45) is 2.54. The summed E-state index contributed by atoms with van der Waals surface area (Å²) in [5, 5.41) is 4.31. The van der Waals surface area contributed by atoms with Gasteiger partial charge in [-0.05, 0) is 37.2 Å². The predicted octanol–water partition coefficient (Wildman–Crippen LogP) is 2.64. The first-order valence-corrected chi connectivity index (χ1v) is 7.04. The van der Waals surface area contributed by atoms with Crippen LogP contribution in [-0.4, -0.2) is 23.5 Å². The summed E-state index contributed by atoms with van der Waals surface area (Å²) in [6.45, 7) is 1.01. The van der Waals surface area contributed by atoms with Crippen LogP contribution in [0, 0.1) is 0 Å². The van der Waals surface area contributed by atoms with Gasteiger partial charge in [0.05, 0.1) is 5.69 Å². The third-order valence-electron chi connectivity index (χ3n) is 2.88. The molecule has 0 saturated heterocycles. The number of rotatable bonds is 1. The summed E-state index contributed by atoms with van der Waals surface area (Å²) in [5.74, 6) is 1.11. The van der Waals surface area contributed by atoms with Gasteiger partial charge in [-0.15, -0.1) is 11.8 Å². The zero-order chi connectivity index (χ0) is 11.0. The van der Waals surface area contributed by atoms with Crippen LogP contribution in [0.3, 0.4) is 0 Å². The molecule has 0 atom stereocenters. The Hall–Kier alpha value is -0.740. The van der Waals surface area contributed by atoms with Crippen molar-refractivity contribution in [3.63, 3.8) is 0 Å². The first-order valence-electron chi connectivity index (χ1n) is 5.64. The largest absolute Gasteiger partial charge is 0.360 e. The second kappa shape index (κ2) is 4.26. The standard InChI is InChI=1S/C12H14N2S2/c15-12(13-9-5-6-9)14-7-8-16-11-4-2-1-3-10(11)14/h1-4,9H,5-8H2,(H,13,15). The third-order valence-corrected chi connectivity index (χ3v) is 4.26. The summed E-state index contributed by atoms with van der Waals surface area (Å²) in [4.78, 5) is 3.58. The van der Waals surface area contributed by atoms with Crippen LogP contribution >= 0.6 is 24.0 Å². The fourth-order valence-electron chi connectivity index (χ4n) is 1.86. The van der Waals surface area contributed by atoms with E-state index in [-0.39, 0.29) is 0 Å². The van der Waals surface area contributed by atoms with Gasteiger partial charge in [0.1, 0.15) is 0 Å². The monoisotopic (exact) mass is 250 g/mol. The number of nitrogens with zero attached hydrogens (tertiary/aromatic N) is 1. The van der Waals surface area contributed by atoms with Crippen molar-refractivity contribution in [1.82, 2.24) is 5.32 Å². The molecule has 1 saturated carbocycles. The molecule has 1 aliphatic carbocycles. The molecule has 1 heterocycles. The van der Waals surface area contributed by atoms with Gasteiger partial charge in [0.15, 0.2) is 5.11 Å². The highest BCUT2D eigenvalue weighted by molar-refractivity contribution is 7.99. The van der Waals surface area contributed by atoms with E-state index in [1.807, 2.05) is 11.8 Å². The average Bonchev–Trinajstić information content (AvgIpc) is 3.12. The molecule has 2 nitrogen and oxygen atoms in total. The van der Waals surface area contributed by atoms with Gasteiger partial charge in [-0.2, -0.15) is 0 Å². The van der Waals surface area contributed by atoms with Crippen LogP contribution in [0.2, 0.25) is 0 Å². The van der Waals surface area contributed by atoms with E-state index in [9.17, 15) is 0 Å². The van der Waals surface area contributed by atoms with Crippen LogP contribution in [0.1, 0.15) is 12.8 Å². The molecule has 1 aromatic carbocycles. The normalized spacial score (nSPS) is 19.1. The van der Waals surface area contributed by atoms with Crippen molar-refractivity contribution >= 4 is 34.8 Å². The molecule has 0 spiro atoms. The van der Waals surface area contributed by atoms with Crippen molar-refractivity contribution in [2.24, 2.45) is 0 Å². The van der Waals surface area contributed by atoms with E-state index in [0.29, 0.717) is 6.04 Å². The molecule has 1 aliphatic heterocycles. The first-order chi connectivity index (χ1) is 7.84. The number of benzene rings is 1. The fourth-order valence-corrected chi connectivity index (χ4v) is 3.21. The smallest absolute Gasteiger partial charge is 0.173 e. The SMILES string of the molecule is S=C(NC1CC1)N1CCSc2ccccc21. The highest BCUT2D eigenvalue weighted by Crippen LogP contribution is 2.34. The Bertz CT molecular complexity index is 415. The lowest BCUT2D eigenvalue weighted by atomic mass is 10.3. The number of thiocarbonyl (C=S) groups is 1. The van der Waals surface area contributed by atoms with Crippen molar-refractivity contribution in [3.8, 4) is 0 Å². The van der Waals surface area contributed by atoms with Gasteiger partial charge >= 0.3 is 0 Å². The minimum Gasteiger partial charge on any atom is -0.360 e. The second-order valence-electron chi connectivity index (χ2n) is 4.19. The Morgan fingerprint density at radius 2 is 2.19 bits per heavy atom. The quantitative estimate of drug-likeness (QED) is 0.770. The number of para-hydroxylation sites is 1. The van der Waals surface area contributed by atoms with Crippen LogP contribution in [0.4, 0.5) is 5.69 Å². The molecule has 84 valence electrons. The fraction of sp³-hybridized carbons (Fsp3) is 0.417. The number of hydrogen-bond donors (Lipinski definition) is 1. The molecule has 0 bridgehead atoms. The minimum absolute atomic E-state index is 0.634. The third kappa shape index (κ3) is 2.04. The molecule has 1 fully saturated rings. The van der Waals surface area contributed by atoms with Crippen LogP contribution in [0.15, 0.2) is 29.2 Å². The van der Waals surface area contributed by atoms with Gasteiger partial charge in [-0.1, -0.05) is 12.1 Å². The van der Waals surface area contributed by atoms with Crippen molar-refractivity contribution in [1.29, 1.82) is 0 Å². The number of thioether (sulfide) groups is 1. The lowest BCUT2D eigenvalue weighted by molar-refractivity contribution is 0.879. The molecule has 3 rings (SSSR count). The van der Waals surface area contributed by atoms with Crippen molar-refractivity contribution in [2.45, 2.75) is 23.8 Å². The number of anilines is 1. The zero-order valence-electron chi connectivity index (χ0n) is 8.98. The van der Waals surface area contributed by atoms with Crippen LogP contribution in [0.25, 0.3) is 0 Å². The maximum absolute atomic E-state index is 5.47. The van der Waals surface area contributed by atoms with Gasteiger partial charge in [-0.25, -0.2) is 0 Å². The highest BCUT2D eigenvalue weighted by Gasteiger charge is 2.26. The summed E-state index contributed by atoms with van der Waals surface area (Å²) in [6, 6.07) is 9.13. The molecular formula is C12H14N2S2. The van der Waals surface area contributed by atoms with E-state index in [0.717, 1.165) is 17.4 Å². The molecule has 0 unspecified atom stereocenters. The molecule has 0 amide bonds. The zero-order valence-corrected chi connectivity index (χ0v) is 10.6. The van der Waals surface area contributed by atoms with Gasteiger partial charge in [0.25, 0.3) is 0 Å². The van der Waals surface area contributed by atoms with Gasteiger partial charge in [-0.3, -0.25) is 0 Å². The number of hydrogen-bond acceptors (Lipinski definition) is 2. The van der Waals surface area contributed by atoms with E-state index >= 15 is 0 Å². The van der Waals surface area contributed by atoms with Crippen molar-refractivity contribution < 1.29 is 0 Å². The summed E-state index contributed by atoms with van der Waals surface area (Å²) in [5.41, 5.74) is 1.26. The topological polar surface area (TPSA) is 15.3 Å². The van der Waals surface area contributed by atoms with Crippen LogP contribution in [-0.2, 0) is 0 Å². The van der Waals surface area contributed by atoms with Gasteiger partial charge < -0.3 is 10.2 Å². The van der Waals surface area contributed by atoms with E-state index in [4.69, 9.17) is 12.2 Å². The molecule has 0 radical (unpaired) electrons.